The first-order valence-electron chi connectivity index (χ1n) is 6.38. The Labute approximate surface area is 135 Å². The fraction of sp³-hybridized carbons (Fsp3) is 0.0667. The minimum absolute atomic E-state index is 0.116. The van der Waals surface area contributed by atoms with Crippen LogP contribution in [0.2, 0.25) is 0 Å². The van der Waals surface area contributed by atoms with Gasteiger partial charge in [0, 0.05) is 0 Å². The van der Waals surface area contributed by atoms with Gasteiger partial charge in [0.05, 0.1) is 17.5 Å². The zero-order valence-corrected chi connectivity index (χ0v) is 12.4. The second kappa shape index (κ2) is 7.19. The summed E-state index contributed by atoms with van der Waals surface area (Å²) in [6, 6.07) is 10.6. The molecule has 0 saturated heterocycles. The molecule has 0 bridgehead atoms. The summed E-state index contributed by atoms with van der Waals surface area (Å²) in [6.45, 7) is 0. The van der Waals surface area contributed by atoms with Gasteiger partial charge in [0.25, 0.3) is 0 Å². The second-order valence-electron chi connectivity index (χ2n) is 4.42. The van der Waals surface area contributed by atoms with Gasteiger partial charge in [-0.05, 0) is 42.0 Å². The van der Waals surface area contributed by atoms with Gasteiger partial charge in [-0.3, -0.25) is 5.43 Å². The van der Waals surface area contributed by atoms with Crippen molar-refractivity contribution in [1.29, 1.82) is 0 Å². The van der Waals surface area contributed by atoms with Gasteiger partial charge in [0.2, 0.25) is 0 Å². The molecule has 0 atom stereocenters. The smallest absolute Gasteiger partial charge is 0.331 e. The molecule has 0 saturated carbocycles. The zero-order valence-electron chi connectivity index (χ0n) is 11.6. The summed E-state index contributed by atoms with van der Waals surface area (Å²) < 4.78 is 51.5. The number of hydrazone groups is 1. The molecule has 0 amide bonds. The van der Waals surface area contributed by atoms with Crippen molar-refractivity contribution in [1.82, 2.24) is 5.43 Å². The zero-order chi connectivity index (χ0) is 16.9. The average Bonchev–Trinajstić information content (AvgIpc) is 2.47. The topological polar surface area (TPSA) is 36.4 Å². The molecule has 0 aliphatic heterocycles. The van der Waals surface area contributed by atoms with Gasteiger partial charge >= 0.3 is 6.18 Å². The maximum Gasteiger partial charge on any atom is 0.418 e. The van der Waals surface area contributed by atoms with E-state index in [0.29, 0.717) is 5.56 Å². The third kappa shape index (κ3) is 5.03. The molecule has 120 valence electrons. The van der Waals surface area contributed by atoms with Crippen LogP contribution in [0.3, 0.4) is 0 Å². The van der Waals surface area contributed by atoms with Gasteiger partial charge in [-0.15, -0.1) is 0 Å². The third-order valence-electron chi connectivity index (χ3n) is 2.71. The highest BCUT2D eigenvalue weighted by molar-refractivity contribution is 7.80. The van der Waals surface area contributed by atoms with Crippen molar-refractivity contribution in [2.75, 3.05) is 5.32 Å². The lowest BCUT2D eigenvalue weighted by Crippen LogP contribution is -2.25. The number of alkyl halides is 3. The molecule has 2 N–H and O–H groups in total. The lowest BCUT2D eigenvalue weighted by molar-refractivity contribution is -0.136. The van der Waals surface area contributed by atoms with E-state index >= 15 is 0 Å². The Kier molecular flexibility index (Phi) is 5.28. The van der Waals surface area contributed by atoms with Crippen molar-refractivity contribution in [3.63, 3.8) is 0 Å². The average molecular weight is 341 g/mol. The van der Waals surface area contributed by atoms with Crippen LogP contribution < -0.4 is 10.7 Å². The Morgan fingerprint density at radius 3 is 2.52 bits per heavy atom. The molecule has 0 aliphatic carbocycles. The van der Waals surface area contributed by atoms with Gasteiger partial charge < -0.3 is 5.32 Å². The summed E-state index contributed by atoms with van der Waals surface area (Å²) in [5.74, 6) is -0.422. The molecule has 2 aromatic rings. The van der Waals surface area contributed by atoms with Crippen LogP contribution in [0.25, 0.3) is 0 Å². The maximum absolute atomic E-state index is 13.0. The van der Waals surface area contributed by atoms with Gasteiger partial charge in [0.1, 0.15) is 5.82 Å². The molecule has 0 fully saturated rings. The Morgan fingerprint density at radius 1 is 1.09 bits per heavy atom. The van der Waals surface area contributed by atoms with Crippen LogP contribution in [-0.4, -0.2) is 11.3 Å². The molecule has 2 rings (SSSR count). The molecule has 0 aliphatic rings. The number of hydrogen-bond acceptors (Lipinski definition) is 2. The Hall–Kier alpha value is -2.48. The van der Waals surface area contributed by atoms with Crippen LogP contribution in [0.1, 0.15) is 11.1 Å². The highest BCUT2D eigenvalue weighted by Crippen LogP contribution is 2.34. The van der Waals surface area contributed by atoms with Crippen molar-refractivity contribution in [2.24, 2.45) is 5.10 Å². The fourth-order valence-electron chi connectivity index (χ4n) is 1.74. The lowest BCUT2D eigenvalue weighted by atomic mass is 10.2. The lowest BCUT2D eigenvalue weighted by Gasteiger charge is -2.14. The molecule has 0 heterocycles. The van der Waals surface area contributed by atoms with Gasteiger partial charge in [-0.2, -0.15) is 18.3 Å². The van der Waals surface area contributed by atoms with E-state index in [2.05, 4.69) is 15.8 Å². The van der Waals surface area contributed by atoms with E-state index in [1.54, 1.807) is 6.07 Å². The van der Waals surface area contributed by atoms with Gasteiger partial charge in [0.15, 0.2) is 5.11 Å². The minimum Gasteiger partial charge on any atom is -0.331 e. The summed E-state index contributed by atoms with van der Waals surface area (Å²) in [4.78, 5) is 0. The normalized spacial score (nSPS) is 11.5. The highest BCUT2D eigenvalue weighted by Gasteiger charge is 2.33. The van der Waals surface area contributed by atoms with Crippen LogP contribution in [0.4, 0.5) is 23.2 Å². The SMILES string of the molecule is Fc1cccc(/C=N/NC(=S)Nc2ccccc2C(F)(F)F)c1. The largest absolute Gasteiger partial charge is 0.418 e. The van der Waals surface area contributed by atoms with Crippen molar-refractivity contribution >= 4 is 29.2 Å². The van der Waals surface area contributed by atoms with Crippen molar-refractivity contribution in [2.45, 2.75) is 6.18 Å². The molecule has 0 aromatic heterocycles. The fourth-order valence-corrected chi connectivity index (χ4v) is 1.90. The summed E-state index contributed by atoms with van der Waals surface area (Å²) in [5.41, 5.74) is 1.84. The highest BCUT2D eigenvalue weighted by atomic mass is 32.1. The maximum atomic E-state index is 13.0. The number of benzene rings is 2. The molecule has 0 unspecified atom stereocenters. The number of rotatable bonds is 3. The molecule has 2 aromatic carbocycles. The van der Waals surface area contributed by atoms with Crippen LogP contribution in [0, 0.1) is 5.82 Å². The predicted molar refractivity (Wildman–Crippen MR) is 84.8 cm³/mol. The number of anilines is 1. The quantitative estimate of drug-likeness (QED) is 0.381. The summed E-state index contributed by atoms with van der Waals surface area (Å²) in [6.07, 6.45) is -3.20. The molecule has 0 spiro atoms. The Morgan fingerprint density at radius 2 is 1.83 bits per heavy atom. The van der Waals surface area contributed by atoms with Gasteiger partial charge in [-0.25, -0.2) is 4.39 Å². The molecular weight excluding hydrogens is 330 g/mol. The monoisotopic (exact) mass is 341 g/mol. The second-order valence-corrected chi connectivity index (χ2v) is 4.83. The predicted octanol–water partition coefficient (Wildman–Crippen LogP) is 4.17. The van der Waals surface area contributed by atoms with Gasteiger partial charge in [-0.1, -0.05) is 24.3 Å². The summed E-state index contributed by atoms with van der Waals surface area (Å²) in [5, 5.41) is 6.05. The minimum atomic E-state index is -4.50. The van der Waals surface area contributed by atoms with E-state index in [0.717, 1.165) is 6.07 Å². The first-order valence-corrected chi connectivity index (χ1v) is 6.79. The first kappa shape index (κ1) is 16.9. The van der Waals surface area contributed by atoms with E-state index in [1.807, 2.05) is 0 Å². The van der Waals surface area contributed by atoms with Crippen molar-refractivity contribution < 1.29 is 17.6 Å². The van der Waals surface area contributed by atoms with Crippen molar-refractivity contribution in [3.05, 3.63) is 65.5 Å². The van der Waals surface area contributed by atoms with E-state index in [1.165, 1.54) is 42.6 Å². The standard InChI is InChI=1S/C15H11F4N3S/c16-11-5-3-4-10(8-11)9-20-22-14(23)21-13-7-2-1-6-12(13)15(17,18)19/h1-9H,(H2,21,22,23)/b20-9+. The number of nitrogens with zero attached hydrogens (tertiary/aromatic N) is 1. The van der Waals surface area contributed by atoms with E-state index < -0.39 is 17.6 Å². The number of thiocarbonyl (C=S) groups is 1. The van der Waals surface area contributed by atoms with Crippen molar-refractivity contribution in [3.8, 4) is 0 Å². The molecule has 23 heavy (non-hydrogen) atoms. The first-order chi connectivity index (χ1) is 10.9. The van der Waals surface area contributed by atoms with Crippen LogP contribution in [0.15, 0.2) is 53.6 Å². The van der Waals surface area contributed by atoms with E-state index in [4.69, 9.17) is 12.2 Å². The molecule has 3 nitrogen and oxygen atoms in total. The van der Waals surface area contributed by atoms with E-state index in [-0.39, 0.29) is 10.8 Å². The molecule has 8 heteroatoms. The number of halogens is 4. The number of nitrogens with one attached hydrogen (secondary N) is 2. The Balaban J connectivity index is 2.01. The number of para-hydroxylation sites is 1. The molecular formula is C15H11F4N3S. The van der Waals surface area contributed by atoms with Crippen LogP contribution >= 0.6 is 12.2 Å². The summed E-state index contributed by atoms with van der Waals surface area (Å²) in [7, 11) is 0. The Bertz CT molecular complexity index is 729. The summed E-state index contributed by atoms with van der Waals surface area (Å²) >= 11 is 4.88. The third-order valence-corrected chi connectivity index (χ3v) is 2.90. The van der Waals surface area contributed by atoms with Crippen LogP contribution in [-0.2, 0) is 6.18 Å². The molecule has 0 radical (unpaired) electrons. The number of hydrogen-bond donors (Lipinski definition) is 2. The van der Waals surface area contributed by atoms with Crippen LogP contribution in [0.5, 0.6) is 0 Å². The van der Waals surface area contributed by atoms with E-state index in [9.17, 15) is 17.6 Å².